The van der Waals surface area contributed by atoms with E-state index in [1.165, 1.54) is 19.2 Å². The Kier molecular flexibility index (Phi) is 6.87. The van der Waals surface area contributed by atoms with E-state index in [1.54, 1.807) is 17.0 Å². The van der Waals surface area contributed by atoms with Crippen molar-refractivity contribution in [3.63, 3.8) is 0 Å². The summed E-state index contributed by atoms with van der Waals surface area (Å²) < 4.78 is 75.8. The van der Waals surface area contributed by atoms with Gasteiger partial charge in [-0.25, -0.2) is 18.2 Å². The summed E-state index contributed by atoms with van der Waals surface area (Å²) in [6, 6.07) is 5.23. The van der Waals surface area contributed by atoms with Crippen LogP contribution in [0.5, 0.6) is 0 Å². The summed E-state index contributed by atoms with van der Waals surface area (Å²) in [5.41, 5.74) is -2.30. The molecule has 2 aliphatic heterocycles. The molecule has 0 unspecified atom stereocenters. The molecular formula is C29H31F5N6O+. The third-order valence-corrected chi connectivity index (χ3v) is 8.62. The average molecular weight is 575 g/mol. The van der Waals surface area contributed by atoms with E-state index in [1.807, 2.05) is 11.9 Å². The van der Waals surface area contributed by atoms with Crippen molar-refractivity contribution in [2.45, 2.75) is 63.3 Å². The van der Waals surface area contributed by atoms with Gasteiger partial charge in [0.2, 0.25) is 0 Å². The number of rotatable bonds is 6. The van der Waals surface area contributed by atoms with E-state index < -0.39 is 28.9 Å². The summed E-state index contributed by atoms with van der Waals surface area (Å²) in [6.45, 7) is 2.49. The predicted octanol–water partition coefficient (Wildman–Crippen LogP) is 6.08. The second-order valence-electron chi connectivity index (χ2n) is 11.7. The summed E-state index contributed by atoms with van der Waals surface area (Å²) >= 11 is 0. The molecule has 41 heavy (non-hydrogen) atoms. The van der Waals surface area contributed by atoms with Crippen molar-refractivity contribution in [2.75, 3.05) is 20.1 Å². The smallest absolute Gasteiger partial charge is 0.299 e. The first-order valence-corrected chi connectivity index (χ1v) is 13.8. The highest BCUT2D eigenvalue weighted by molar-refractivity contribution is 5.58. The molecule has 3 aromatic rings. The molecule has 3 aliphatic rings. The molecule has 1 saturated carbocycles. The topological polar surface area (TPSA) is 57.4 Å². The SMILES string of the molecule is C[N+]1=CN=N[C]1[C@@H](c1cc(F)cc(-n2cc3c(C(F)(F)F)cc(CN4CCC(C)(F)CC4)cn3c2=O)c1)C1CCC1. The minimum absolute atomic E-state index is 0.133. The van der Waals surface area contributed by atoms with E-state index in [0.717, 1.165) is 46.6 Å². The van der Waals surface area contributed by atoms with Crippen LogP contribution in [-0.2, 0) is 12.7 Å². The largest absolute Gasteiger partial charge is 0.418 e. The number of piperidine rings is 1. The highest BCUT2D eigenvalue weighted by atomic mass is 19.4. The van der Waals surface area contributed by atoms with Crippen LogP contribution in [0, 0.1) is 17.9 Å². The van der Waals surface area contributed by atoms with Crippen LogP contribution in [0.4, 0.5) is 22.0 Å². The molecule has 0 amide bonds. The minimum atomic E-state index is -4.73. The highest BCUT2D eigenvalue weighted by Gasteiger charge is 2.42. The molecule has 0 spiro atoms. The van der Waals surface area contributed by atoms with Crippen molar-refractivity contribution in [1.82, 2.24) is 13.9 Å². The standard InChI is InChI=1S/C29H31F5N6O/c1-28(31)6-8-38(9-7-28)14-18-10-23(29(32,33)34)24-16-39(27(41)40(24)15-18)22-12-20(11-21(30)13-22)25(19-4-3-5-19)26-36-35-17-37(26)2/h10-13,15-17,19,25H,3-9,14H2,1-2H3/q+1/t25-/m1/s1. The predicted molar refractivity (Wildman–Crippen MR) is 142 cm³/mol. The fourth-order valence-electron chi connectivity index (χ4n) is 6.07. The molecule has 0 bridgehead atoms. The van der Waals surface area contributed by atoms with E-state index >= 15 is 4.39 Å². The van der Waals surface area contributed by atoms with Crippen molar-refractivity contribution in [1.29, 1.82) is 0 Å². The maximum atomic E-state index is 15.1. The Hall–Kier alpha value is -3.41. The Balaban J connectivity index is 1.41. The highest BCUT2D eigenvalue weighted by Crippen LogP contribution is 2.46. The lowest BCUT2D eigenvalue weighted by Crippen LogP contribution is -2.39. The Bertz CT molecular complexity index is 1590. The Morgan fingerprint density at radius 2 is 1.85 bits per heavy atom. The lowest BCUT2D eigenvalue weighted by molar-refractivity contribution is -0.480. The molecule has 7 nitrogen and oxygen atoms in total. The molecule has 2 fully saturated rings. The molecule has 4 heterocycles. The summed E-state index contributed by atoms with van der Waals surface area (Å²) in [4.78, 5) is 15.4. The quantitative estimate of drug-likeness (QED) is 0.265. The van der Waals surface area contributed by atoms with Crippen LogP contribution >= 0.6 is 0 Å². The summed E-state index contributed by atoms with van der Waals surface area (Å²) in [7, 11) is 1.81. The van der Waals surface area contributed by atoms with Gasteiger partial charge in [-0.05, 0) is 79.0 Å². The van der Waals surface area contributed by atoms with Gasteiger partial charge in [0, 0.05) is 32.0 Å². The fraction of sp³-hybridized carbons (Fsp3) is 0.483. The maximum Gasteiger partial charge on any atom is 0.418 e. The Labute approximate surface area is 233 Å². The number of aromatic nitrogens is 2. The van der Waals surface area contributed by atoms with E-state index in [9.17, 15) is 22.4 Å². The lowest BCUT2D eigenvalue weighted by atomic mass is 9.71. The number of pyridine rings is 1. The van der Waals surface area contributed by atoms with Crippen LogP contribution in [0.25, 0.3) is 11.2 Å². The number of imidazole rings is 1. The Morgan fingerprint density at radius 1 is 1.12 bits per heavy atom. The fourth-order valence-corrected chi connectivity index (χ4v) is 6.07. The normalized spacial score (nSPS) is 20.9. The van der Waals surface area contributed by atoms with Gasteiger partial charge >= 0.3 is 24.4 Å². The molecule has 1 aromatic carbocycles. The van der Waals surface area contributed by atoms with Crippen molar-refractivity contribution >= 4 is 11.9 Å². The summed E-state index contributed by atoms with van der Waals surface area (Å²) in [5.74, 6) is -0.666. The second kappa shape index (κ2) is 10.1. The van der Waals surface area contributed by atoms with Crippen LogP contribution in [0.2, 0.25) is 0 Å². The number of nitrogens with zero attached hydrogens (tertiary/aromatic N) is 6. The first kappa shape index (κ1) is 27.7. The van der Waals surface area contributed by atoms with Crippen LogP contribution < -0.4 is 5.69 Å². The molecule has 1 saturated heterocycles. The van der Waals surface area contributed by atoms with Gasteiger partial charge in [-0.3, -0.25) is 13.9 Å². The molecule has 1 aliphatic carbocycles. The van der Waals surface area contributed by atoms with Crippen LogP contribution in [0.15, 0.2) is 51.7 Å². The monoisotopic (exact) mass is 574 g/mol. The molecule has 12 heteroatoms. The van der Waals surface area contributed by atoms with Gasteiger partial charge < -0.3 is 0 Å². The number of fused-ring (bicyclic) bond motifs is 1. The van der Waals surface area contributed by atoms with Crippen LogP contribution in [0.1, 0.15) is 61.6 Å². The average Bonchev–Trinajstić information content (AvgIpc) is 3.44. The zero-order valence-corrected chi connectivity index (χ0v) is 22.8. The van der Waals surface area contributed by atoms with Gasteiger partial charge in [-0.15, -0.1) is 0 Å². The number of likely N-dealkylation sites (N-methyl/N-ethyl adjacent to an activating group) is 1. The number of alkyl halides is 4. The third kappa shape index (κ3) is 5.33. The first-order valence-electron chi connectivity index (χ1n) is 13.8. The Morgan fingerprint density at radius 3 is 2.46 bits per heavy atom. The van der Waals surface area contributed by atoms with Gasteiger partial charge in [-0.2, -0.15) is 13.2 Å². The molecular weight excluding hydrogens is 543 g/mol. The number of hydrogen-bond acceptors (Lipinski definition) is 4. The van der Waals surface area contributed by atoms with Gasteiger partial charge in [0.1, 0.15) is 11.5 Å². The zero-order chi connectivity index (χ0) is 29.1. The van der Waals surface area contributed by atoms with E-state index in [4.69, 9.17) is 0 Å². The number of likely N-dealkylation sites (tertiary alicyclic amines) is 1. The number of benzene rings is 1. The maximum absolute atomic E-state index is 15.1. The number of hydrogen-bond donors (Lipinski definition) is 0. The van der Waals surface area contributed by atoms with Crippen LogP contribution in [-0.4, -0.2) is 50.6 Å². The molecule has 0 N–H and O–H groups in total. The van der Waals surface area contributed by atoms with Gasteiger partial charge in [0.15, 0.2) is 0 Å². The molecule has 6 rings (SSSR count). The molecule has 1 radical (unpaired) electrons. The van der Waals surface area contributed by atoms with Gasteiger partial charge in [0.25, 0.3) is 0 Å². The molecule has 1 atom stereocenters. The third-order valence-electron chi connectivity index (χ3n) is 8.62. The van der Waals surface area contributed by atoms with Crippen molar-refractivity contribution in [3.8, 4) is 5.69 Å². The van der Waals surface area contributed by atoms with Crippen molar-refractivity contribution < 1.29 is 26.5 Å². The number of azo groups is 1. The van der Waals surface area contributed by atoms with Crippen LogP contribution in [0.3, 0.4) is 0 Å². The number of halogens is 5. The second-order valence-corrected chi connectivity index (χ2v) is 11.7. The molecule has 217 valence electrons. The van der Waals surface area contributed by atoms with E-state index in [0.29, 0.717) is 30.4 Å². The summed E-state index contributed by atoms with van der Waals surface area (Å²) in [5, 5.41) is 8.23. The van der Waals surface area contributed by atoms with E-state index in [-0.39, 0.29) is 42.4 Å². The van der Waals surface area contributed by atoms with Crippen molar-refractivity contribution in [3.05, 3.63) is 75.8 Å². The minimum Gasteiger partial charge on any atom is -0.299 e. The van der Waals surface area contributed by atoms with Gasteiger partial charge in [0.05, 0.1) is 34.8 Å². The zero-order valence-electron chi connectivity index (χ0n) is 22.8. The molecule has 2 aromatic heterocycles. The van der Waals surface area contributed by atoms with Crippen molar-refractivity contribution in [2.24, 2.45) is 16.1 Å². The first-order chi connectivity index (χ1) is 19.4. The summed E-state index contributed by atoms with van der Waals surface area (Å²) in [6.07, 6.45) is 3.49. The van der Waals surface area contributed by atoms with E-state index in [2.05, 4.69) is 10.2 Å². The van der Waals surface area contributed by atoms with Gasteiger partial charge in [-0.1, -0.05) is 6.42 Å². The lowest BCUT2D eigenvalue weighted by Gasteiger charge is -2.34.